The van der Waals surface area contributed by atoms with Crippen LogP contribution in [0, 0.1) is 5.92 Å². The molecule has 0 unspecified atom stereocenters. The molecule has 6 nitrogen and oxygen atoms in total. The quantitative estimate of drug-likeness (QED) is 0.789. The van der Waals surface area contributed by atoms with Crippen LogP contribution in [-0.2, 0) is 20.4 Å². The first-order valence-corrected chi connectivity index (χ1v) is 9.00. The van der Waals surface area contributed by atoms with Crippen molar-refractivity contribution < 1.29 is 23.1 Å². The highest BCUT2D eigenvalue weighted by atomic mass is 32.2. The summed E-state index contributed by atoms with van der Waals surface area (Å²) in [7, 11) is -3.13. The third-order valence-corrected chi connectivity index (χ3v) is 4.27. The molecular weight excluding hydrogens is 306 g/mol. The van der Waals surface area contributed by atoms with Gasteiger partial charge in [-0.2, -0.15) is 0 Å². The lowest BCUT2D eigenvalue weighted by atomic mass is 9.99. The second-order valence-corrected chi connectivity index (χ2v) is 7.58. The summed E-state index contributed by atoms with van der Waals surface area (Å²) >= 11 is 0. The van der Waals surface area contributed by atoms with Gasteiger partial charge in [-0.3, -0.25) is 4.79 Å². The van der Waals surface area contributed by atoms with Crippen molar-refractivity contribution in [1.82, 2.24) is 5.32 Å². The highest BCUT2D eigenvalue weighted by Crippen LogP contribution is 2.11. The van der Waals surface area contributed by atoms with Crippen molar-refractivity contribution in [1.29, 1.82) is 0 Å². The number of carboxylic acid groups (broad SMARTS) is 1. The van der Waals surface area contributed by atoms with Gasteiger partial charge in [0.25, 0.3) is 5.91 Å². The fourth-order valence-corrected chi connectivity index (χ4v) is 2.76. The summed E-state index contributed by atoms with van der Waals surface area (Å²) in [4.78, 5) is 23.3. The molecule has 1 amide bonds. The smallest absolute Gasteiger partial charge is 0.326 e. The Morgan fingerprint density at radius 2 is 1.77 bits per heavy atom. The van der Waals surface area contributed by atoms with Crippen molar-refractivity contribution in [2.45, 2.75) is 32.1 Å². The van der Waals surface area contributed by atoms with Crippen LogP contribution in [0.5, 0.6) is 0 Å². The number of benzene rings is 1. The van der Waals surface area contributed by atoms with Gasteiger partial charge in [0.15, 0.2) is 9.84 Å². The number of rotatable bonds is 7. The lowest BCUT2D eigenvalue weighted by molar-refractivity contribution is -0.140. The van der Waals surface area contributed by atoms with Crippen LogP contribution in [0.4, 0.5) is 0 Å². The minimum atomic E-state index is -3.13. The van der Waals surface area contributed by atoms with Crippen LogP contribution in [0.15, 0.2) is 24.3 Å². The van der Waals surface area contributed by atoms with E-state index in [-0.39, 0.29) is 11.7 Å². The number of amides is 1. The summed E-state index contributed by atoms with van der Waals surface area (Å²) in [6.45, 7) is 3.61. The topological polar surface area (TPSA) is 101 Å². The molecule has 0 aliphatic carbocycles. The van der Waals surface area contributed by atoms with Crippen LogP contribution < -0.4 is 5.32 Å². The molecule has 7 heteroatoms. The van der Waals surface area contributed by atoms with Gasteiger partial charge >= 0.3 is 5.97 Å². The van der Waals surface area contributed by atoms with E-state index < -0.39 is 27.8 Å². The van der Waals surface area contributed by atoms with Crippen LogP contribution in [0.25, 0.3) is 0 Å². The molecule has 0 saturated carbocycles. The summed E-state index contributed by atoms with van der Waals surface area (Å²) in [5.41, 5.74) is 0.877. The van der Waals surface area contributed by atoms with Gasteiger partial charge in [-0.25, -0.2) is 13.2 Å². The molecule has 1 aromatic rings. The normalized spacial score (nSPS) is 14.1. The largest absolute Gasteiger partial charge is 0.480 e. The predicted octanol–water partition coefficient (Wildman–Crippen LogP) is 1.46. The summed E-state index contributed by atoms with van der Waals surface area (Å²) < 4.78 is 22.4. The highest BCUT2D eigenvalue weighted by molar-refractivity contribution is 7.89. The monoisotopic (exact) mass is 327 g/mol. The Bertz CT molecular complexity index is 636. The molecule has 1 rings (SSSR count). The molecule has 0 aliphatic heterocycles. The van der Waals surface area contributed by atoms with E-state index in [1.54, 1.807) is 19.1 Å². The molecule has 0 aliphatic rings. The van der Waals surface area contributed by atoms with E-state index in [9.17, 15) is 18.0 Å². The van der Waals surface area contributed by atoms with E-state index >= 15 is 0 Å². The standard InChI is InChI=1S/C15H21NO5S/c1-4-10(2)13(15(18)19)16-14(17)12-7-5-11(6-8-12)9-22(3,20)21/h5-8,10,13H,4,9H2,1-3H3,(H,16,17)(H,18,19)/t10-,13-/m0/s1. The Morgan fingerprint density at radius 1 is 1.23 bits per heavy atom. The van der Waals surface area contributed by atoms with Crippen molar-refractivity contribution in [3.05, 3.63) is 35.4 Å². The third kappa shape index (κ3) is 5.48. The molecule has 1 aromatic carbocycles. The fourth-order valence-electron chi connectivity index (χ4n) is 1.96. The number of nitrogens with one attached hydrogen (secondary N) is 1. The van der Waals surface area contributed by atoms with E-state index in [0.29, 0.717) is 17.5 Å². The average Bonchev–Trinajstić information content (AvgIpc) is 2.42. The first kappa shape index (κ1) is 18.2. The number of sulfone groups is 1. The number of aliphatic carboxylic acids is 1. The molecule has 0 fully saturated rings. The maximum absolute atomic E-state index is 12.1. The second-order valence-electron chi connectivity index (χ2n) is 5.44. The number of carbonyl (C=O) groups is 2. The Morgan fingerprint density at radius 3 is 2.18 bits per heavy atom. The maximum atomic E-state index is 12.1. The molecule has 2 atom stereocenters. The van der Waals surface area contributed by atoms with E-state index in [4.69, 9.17) is 5.11 Å². The van der Waals surface area contributed by atoms with E-state index in [1.165, 1.54) is 12.1 Å². The highest BCUT2D eigenvalue weighted by Gasteiger charge is 2.25. The van der Waals surface area contributed by atoms with Gasteiger partial charge in [0.2, 0.25) is 0 Å². The minimum Gasteiger partial charge on any atom is -0.480 e. The number of hydrogen-bond donors (Lipinski definition) is 2. The van der Waals surface area contributed by atoms with Gasteiger partial charge in [0, 0.05) is 11.8 Å². The molecule has 22 heavy (non-hydrogen) atoms. The minimum absolute atomic E-state index is 0.0977. The van der Waals surface area contributed by atoms with Gasteiger partial charge in [0.1, 0.15) is 6.04 Å². The predicted molar refractivity (Wildman–Crippen MR) is 83.3 cm³/mol. The first-order chi connectivity index (χ1) is 10.1. The molecule has 0 heterocycles. The molecule has 0 spiro atoms. The zero-order chi connectivity index (χ0) is 16.9. The van der Waals surface area contributed by atoms with Gasteiger partial charge in [0.05, 0.1) is 5.75 Å². The van der Waals surface area contributed by atoms with Crippen molar-refractivity contribution in [3.63, 3.8) is 0 Å². The van der Waals surface area contributed by atoms with Crippen LogP contribution >= 0.6 is 0 Å². The Labute approximate surface area is 130 Å². The lowest BCUT2D eigenvalue weighted by Crippen LogP contribution is -2.45. The van der Waals surface area contributed by atoms with Crippen LogP contribution in [-0.4, -0.2) is 37.7 Å². The van der Waals surface area contributed by atoms with Gasteiger partial charge in [-0.05, 0) is 23.6 Å². The van der Waals surface area contributed by atoms with Crippen LogP contribution in [0.3, 0.4) is 0 Å². The zero-order valence-corrected chi connectivity index (χ0v) is 13.7. The van der Waals surface area contributed by atoms with Gasteiger partial charge in [-0.15, -0.1) is 0 Å². The van der Waals surface area contributed by atoms with Crippen molar-refractivity contribution in [3.8, 4) is 0 Å². The number of carbonyl (C=O) groups excluding carboxylic acids is 1. The number of hydrogen-bond acceptors (Lipinski definition) is 4. The van der Waals surface area contributed by atoms with Crippen molar-refractivity contribution >= 4 is 21.7 Å². The molecule has 0 radical (unpaired) electrons. The van der Waals surface area contributed by atoms with E-state index in [0.717, 1.165) is 6.26 Å². The average molecular weight is 327 g/mol. The summed E-state index contributed by atoms with van der Waals surface area (Å²) in [6.07, 6.45) is 1.77. The SMILES string of the molecule is CC[C@H](C)[C@H](NC(=O)c1ccc(CS(C)(=O)=O)cc1)C(=O)O. The summed E-state index contributed by atoms with van der Waals surface area (Å²) in [5, 5.41) is 11.7. The summed E-state index contributed by atoms with van der Waals surface area (Å²) in [5.74, 6) is -1.85. The van der Waals surface area contributed by atoms with Crippen molar-refractivity contribution in [2.24, 2.45) is 5.92 Å². The Hall–Kier alpha value is -1.89. The molecule has 0 saturated heterocycles. The lowest BCUT2D eigenvalue weighted by Gasteiger charge is -2.20. The molecule has 0 bridgehead atoms. The van der Waals surface area contributed by atoms with E-state index in [1.807, 2.05) is 6.92 Å². The zero-order valence-electron chi connectivity index (χ0n) is 12.9. The Kier molecular flexibility index (Phi) is 6.11. The Balaban J connectivity index is 2.83. The molecule has 0 aromatic heterocycles. The fraction of sp³-hybridized carbons (Fsp3) is 0.467. The number of carboxylic acids is 1. The second kappa shape index (κ2) is 7.40. The maximum Gasteiger partial charge on any atom is 0.326 e. The van der Waals surface area contributed by atoms with Crippen LogP contribution in [0.2, 0.25) is 0 Å². The van der Waals surface area contributed by atoms with Gasteiger partial charge < -0.3 is 10.4 Å². The molecule has 2 N–H and O–H groups in total. The third-order valence-electron chi connectivity index (χ3n) is 3.41. The van der Waals surface area contributed by atoms with Gasteiger partial charge in [-0.1, -0.05) is 32.4 Å². The van der Waals surface area contributed by atoms with E-state index in [2.05, 4.69) is 5.32 Å². The summed E-state index contributed by atoms with van der Waals surface area (Å²) in [6, 6.07) is 5.13. The van der Waals surface area contributed by atoms with Crippen molar-refractivity contribution in [2.75, 3.05) is 6.26 Å². The molecular formula is C15H21NO5S. The first-order valence-electron chi connectivity index (χ1n) is 6.94. The molecule has 122 valence electrons. The van der Waals surface area contributed by atoms with Crippen LogP contribution in [0.1, 0.15) is 36.2 Å².